The van der Waals surface area contributed by atoms with Crippen molar-refractivity contribution >= 4 is 27.5 Å². The van der Waals surface area contributed by atoms with Crippen LogP contribution in [0.25, 0.3) is 0 Å². The Morgan fingerprint density at radius 2 is 1.53 bits per heavy atom. The number of benzene rings is 3. The second-order valence-corrected chi connectivity index (χ2v) is 11.1. The number of hydrogen-bond donors (Lipinski definition) is 1. The van der Waals surface area contributed by atoms with Crippen LogP contribution >= 0.6 is 0 Å². The molecule has 0 fully saturated rings. The van der Waals surface area contributed by atoms with Gasteiger partial charge in [-0.3, -0.25) is 13.9 Å². The zero-order valence-electron chi connectivity index (χ0n) is 22.7. The number of methoxy groups -OCH3 is 1. The van der Waals surface area contributed by atoms with Crippen LogP contribution in [0.1, 0.15) is 29.2 Å². The molecule has 0 saturated heterocycles. The molecule has 0 unspecified atom stereocenters. The normalized spacial score (nSPS) is 11.9. The fourth-order valence-electron chi connectivity index (χ4n) is 4.16. The van der Waals surface area contributed by atoms with Gasteiger partial charge in [-0.1, -0.05) is 47.5 Å². The topological polar surface area (TPSA) is 96.0 Å². The molecule has 0 aliphatic heterocycles. The van der Waals surface area contributed by atoms with Crippen molar-refractivity contribution < 1.29 is 22.7 Å². The highest BCUT2D eigenvalue weighted by Crippen LogP contribution is 2.28. The molecular weight excluding hydrogens is 502 g/mol. The molecule has 3 aromatic rings. The summed E-state index contributed by atoms with van der Waals surface area (Å²) in [6.07, 6.45) is 0. The first kappa shape index (κ1) is 28.7. The van der Waals surface area contributed by atoms with Crippen molar-refractivity contribution in [2.24, 2.45) is 0 Å². The molecule has 0 heterocycles. The summed E-state index contributed by atoms with van der Waals surface area (Å²) in [6, 6.07) is 18.2. The highest BCUT2D eigenvalue weighted by Gasteiger charge is 2.33. The summed E-state index contributed by atoms with van der Waals surface area (Å²) in [6.45, 7) is 6.87. The van der Waals surface area contributed by atoms with Crippen LogP contribution in [0.3, 0.4) is 0 Å². The van der Waals surface area contributed by atoms with Crippen LogP contribution in [0.2, 0.25) is 0 Å². The van der Waals surface area contributed by atoms with Gasteiger partial charge in [-0.25, -0.2) is 8.42 Å². The maximum Gasteiger partial charge on any atom is 0.264 e. The maximum atomic E-state index is 13.9. The number of rotatable bonds is 10. The third-order valence-corrected chi connectivity index (χ3v) is 8.21. The van der Waals surface area contributed by atoms with Gasteiger partial charge < -0.3 is 15.0 Å². The molecule has 2 amide bonds. The van der Waals surface area contributed by atoms with E-state index < -0.39 is 28.5 Å². The molecular formula is C29H35N3O5S. The van der Waals surface area contributed by atoms with E-state index in [1.807, 2.05) is 32.9 Å². The van der Waals surface area contributed by atoms with Crippen LogP contribution in [0.15, 0.2) is 71.6 Å². The number of carbonyl (C=O) groups excluding carboxylic acids is 2. The summed E-state index contributed by atoms with van der Waals surface area (Å²) in [5, 5.41) is 2.58. The number of aryl methyl sites for hydroxylation is 3. The Kier molecular flexibility index (Phi) is 9.17. The molecule has 202 valence electrons. The molecule has 0 saturated carbocycles. The zero-order chi connectivity index (χ0) is 28.0. The van der Waals surface area contributed by atoms with Crippen molar-refractivity contribution in [2.45, 2.75) is 45.2 Å². The summed E-state index contributed by atoms with van der Waals surface area (Å²) in [4.78, 5) is 27.9. The van der Waals surface area contributed by atoms with Gasteiger partial charge in [0.05, 0.1) is 17.7 Å². The van der Waals surface area contributed by atoms with Crippen LogP contribution in [-0.2, 0) is 26.2 Å². The average molecular weight is 538 g/mol. The number of carbonyl (C=O) groups is 2. The number of nitrogens with zero attached hydrogens (tertiary/aromatic N) is 2. The minimum absolute atomic E-state index is 0.0805. The summed E-state index contributed by atoms with van der Waals surface area (Å²) in [5.41, 5.74) is 3.79. The van der Waals surface area contributed by atoms with Crippen molar-refractivity contribution in [1.29, 1.82) is 0 Å². The number of hydrogen-bond acceptors (Lipinski definition) is 5. The van der Waals surface area contributed by atoms with Gasteiger partial charge >= 0.3 is 0 Å². The van der Waals surface area contributed by atoms with Crippen LogP contribution in [0.4, 0.5) is 5.69 Å². The Morgan fingerprint density at radius 1 is 0.921 bits per heavy atom. The van der Waals surface area contributed by atoms with Gasteiger partial charge in [-0.2, -0.15) is 0 Å². The van der Waals surface area contributed by atoms with E-state index in [1.54, 1.807) is 56.5 Å². The lowest BCUT2D eigenvalue weighted by molar-refractivity contribution is -0.139. The minimum atomic E-state index is -4.10. The van der Waals surface area contributed by atoms with E-state index in [1.165, 1.54) is 24.1 Å². The largest absolute Gasteiger partial charge is 0.497 e. The van der Waals surface area contributed by atoms with Crippen LogP contribution in [-0.4, -0.2) is 51.9 Å². The standard InChI is InChI=1S/C29H35N3O5S/c1-20-7-14-26(15-8-20)38(35,36)32(27-16-9-21(2)17-22(27)3)19-28(33)31(23(4)29(34)30-5)18-24-10-12-25(37-6)13-11-24/h7-17,23H,18-19H2,1-6H3,(H,30,34)/t23-/m1/s1. The van der Waals surface area contributed by atoms with Crippen LogP contribution in [0.5, 0.6) is 5.75 Å². The fraction of sp³-hybridized carbons (Fsp3) is 0.310. The van der Waals surface area contributed by atoms with E-state index in [4.69, 9.17) is 4.74 Å². The molecule has 0 spiro atoms. The highest BCUT2D eigenvalue weighted by molar-refractivity contribution is 7.92. The SMILES string of the molecule is CNC(=O)[C@@H](C)N(Cc1ccc(OC)cc1)C(=O)CN(c1ccc(C)cc1C)S(=O)(=O)c1ccc(C)cc1. The molecule has 3 rings (SSSR count). The third-order valence-electron chi connectivity index (χ3n) is 6.43. The molecule has 38 heavy (non-hydrogen) atoms. The minimum Gasteiger partial charge on any atom is -0.497 e. The number of sulfonamides is 1. The predicted molar refractivity (Wildman–Crippen MR) is 149 cm³/mol. The van der Waals surface area contributed by atoms with E-state index in [0.29, 0.717) is 11.4 Å². The summed E-state index contributed by atoms with van der Waals surface area (Å²) >= 11 is 0. The number of amides is 2. The Bertz CT molecular complexity index is 1390. The average Bonchev–Trinajstić information content (AvgIpc) is 2.90. The smallest absolute Gasteiger partial charge is 0.264 e. The first-order valence-corrected chi connectivity index (χ1v) is 13.7. The van der Waals surface area contributed by atoms with E-state index in [0.717, 1.165) is 26.6 Å². The monoisotopic (exact) mass is 537 g/mol. The van der Waals surface area contributed by atoms with Crippen molar-refractivity contribution in [1.82, 2.24) is 10.2 Å². The van der Waals surface area contributed by atoms with E-state index in [-0.39, 0.29) is 17.3 Å². The molecule has 1 N–H and O–H groups in total. The predicted octanol–water partition coefficient (Wildman–Crippen LogP) is 3.98. The van der Waals surface area contributed by atoms with Gasteiger partial charge in [0.25, 0.3) is 10.0 Å². The van der Waals surface area contributed by atoms with Crippen molar-refractivity contribution in [3.8, 4) is 5.75 Å². The Morgan fingerprint density at radius 3 is 2.08 bits per heavy atom. The Balaban J connectivity index is 2.05. The molecule has 0 bridgehead atoms. The maximum absolute atomic E-state index is 13.9. The van der Waals surface area contributed by atoms with Gasteiger partial charge in [0.2, 0.25) is 11.8 Å². The first-order chi connectivity index (χ1) is 18.0. The van der Waals surface area contributed by atoms with E-state index in [9.17, 15) is 18.0 Å². The molecule has 0 aliphatic carbocycles. The van der Waals surface area contributed by atoms with Crippen LogP contribution < -0.4 is 14.4 Å². The van der Waals surface area contributed by atoms with Gasteiger partial charge in [-0.05, 0) is 69.2 Å². The number of ether oxygens (including phenoxy) is 1. The fourth-order valence-corrected chi connectivity index (χ4v) is 5.63. The van der Waals surface area contributed by atoms with Crippen molar-refractivity contribution in [3.05, 3.63) is 89.0 Å². The summed E-state index contributed by atoms with van der Waals surface area (Å²) in [5.74, 6) is -0.199. The first-order valence-electron chi connectivity index (χ1n) is 12.3. The lowest BCUT2D eigenvalue weighted by Crippen LogP contribution is -2.50. The number of nitrogens with one attached hydrogen (secondary N) is 1. The number of likely N-dealkylation sites (N-methyl/N-ethyl adjacent to an activating group) is 1. The number of anilines is 1. The second-order valence-electron chi connectivity index (χ2n) is 9.27. The highest BCUT2D eigenvalue weighted by atomic mass is 32.2. The van der Waals surface area contributed by atoms with Crippen molar-refractivity contribution in [3.63, 3.8) is 0 Å². The van der Waals surface area contributed by atoms with Crippen LogP contribution in [0, 0.1) is 20.8 Å². The third kappa shape index (κ3) is 6.52. The van der Waals surface area contributed by atoms with Gasteiger partial charge in [-0.15, -0.1) is 0 Å². The van der Waals surface area contributed by atoms with Gasteiger partial charge in [0.1, 0.15) is 18.3 Å². The summed E-state index contributed by atoms with van der Waals surface area (Å²) in [7, 11) is -1.04. The molecule has 0 aliphatic rings. The lowest BCUT2D eigenvalue weighted by atomic mass is 10.1. The Hall–Kier alpha value is -3.85. The lowest BCUT2D eigenvalue weighted by Gasteiger charge is -2.32. The quantitative estimate of drug-likeness (QED) is 0.422. The molecule has 1 atom stereocenters. The van der Waals surface area contributed by atoms with E-state index >= 15 is 0 Å². The molecule has 0 radical (unpaired) electrons. The zero-order valence-corrected chi connectivity index (χ0v) is 23.5. The molecule has 0 aromatic heterocycles. The Labute approximate surface area is 225 Å². The second kappa shape index (κ2) is 12.1. The summed E-state index contributed by atoms with van der Waals surface area (Å²) < 4.78 is 34.1. The molecule has 8 nitrogen and oxygen atoms in total. The van der Waals surface area contributed by atoms with Crippen molar-refractivity contribution in [2.75, 3.05) is 25.0 Å². The van der Waals surface area contributed by atoms with Gasteiger partial charge in [0, 0.05) is 13.6 Å². The van der Waals surface area contributed by atoms with E-state index in [2.05, 4.69) is 5.32 Å². The molecule has 3 aromatic carbocycles. The van der Waals surface area contributed by atoms with Gasteiger partial charge in [0.15, 0.2) is 0 Å². The molecule has 9 heteroatoms.